The molecular formula is C13H20N2O3. The molecule has 0 saturated heterocycles. The van der Waals surface area contributed by atoms with E-state index in [4.69, 9.17) is 9.84 Å². The zero-order valence-corrected chi connectivity index (χ0v) is 10.8. The second-order valence-electron chi connectivity index (χ2n) is 4.13. The van der Waals surface area contributed by atoms with Gasteiger partial charge in [-0.1, -0.05) is 30.3 Å². The first-order chi connectivity index (χ1) is 8.65. The summed E-state index contributed by atoms with van der Waals surface area (Å²) < 4.78 is 4.74. The summed E-state index contributed by atoms with van der Waals surface area (Å²) in [5, 5.41) is 11.2. The van der Waals surface area contributed by atoms with Gasteiger partial charge in [0.2, 0.25) is 0 Å². The third-order valence-electron chi connectivity index (χ3n) is 2.57. The van der Waals surface area contributed by atoms with Crippen LogP contribution < -0.4 is 5.32 Å². The minimum atomic E-state index is -0.508. The molecule has 18 heavy (non-hydrogen) atoms. The van der Waals surface area contributed by atoms with Crippen LogP contribution in [0.5, 0.6) is 0 Å². The number of nitrogens with zero attached hydrogens (tertiary/aromatic N) is 1. The molecular weight excluding hydrogens is 232 g/mol. The molecule has 0 aliphatic heterocycles. The van der Waals surface area contributed by atoms with Crippen LogP contribution in [-0.2, 0) is 4.74 Å². The van der Waals surface area contributed by atoms with Gasteiger partial charge in [0.15, 0.2) is 0 Å². The Balaban J connectivity index is 2.52. The minimum absolute atomic E-state index is 0.0177. The molecule has 1 aromatic rings. The number of hydrogen-bond acceptors (Lipinski definition) is 4. The van der Waals surface area contributed by atoms with Crippen molar-refractivity contribution in [3.8, 4) is 0 Å². The molecule has 0 heterocycles. The lowest BCUT2D eigenvalue weighted by molar-refractivity contribution is 0.117. The van der Waals surface area contributed by atoms with Gasteiger partial charge < -0.3 is 20.1 Å². The van der Waals surface area contributed by atoms with Crippen LogP contribution in [0.15, 0.2) is 30.3 Å². The Hall–Kier alpha value is -1.59. The fourth-order valence-electron chi connectivity index (χ4n) is 1.64. The van der Waals surface area contributed by atoms with Crippen molar-refractivity contribution in [1.29, 1.82) is 0 Å². The first-order valence-electron chi connectivity index (χ1n) is 5.88. The topological polar surface area (TPSA) is 61.8 Å². The van der Waals surface area contributed by atoms with Crippen LogP contribution in [0.2, 0.25) is 0 Å². The van der Waals surface area contributed by atoms with Gasteiger partial charge in [0.1, 0.15) is 6.61 Å². The highest BCUT2D eigenvalue weighted by molar-refractivity contribution is 5.67. The number of carbonyl (C=O) groups excluding carboxylic acids is 1. The average molecular weight is 252 g/mol. The Morgan fingerprint density at radius 2 is 2.06 bits per heavy atom. The number of likely N-dealkylation sites (N-methyl/N-ethyl adjacent to an activating group) is 1. The maximum Gasteiger partial charge on any atom is 0.407 e. The number of nitrogens with one attached hydrogen (secondary N) is 1. The van der Waals surface area contributed by atoms with Crippen molar-refractivity contribution in [3.63, 3.8) is 0 Å². The summed E-state index contributed by atoms with van der Waals surface area (Å²) in [6.45, 7) is 0.314. The van der Waals surface area contributed by atoms with E-state index in [1.165, 1.54) is 0 Å². The van der Waals surface area contributed by atoms with Crippen molar-refractivity contribution in [3.05, 3.63) is 35.9 Å². The molecule has 0 aromatic heterocycles. The highest BCUT2D eigenvalue weighted by Gasteiger charge is 2.15. The molecule has 0 spiro atoms. The number of aliphatic hydroxyl groups excluding tert-OH is 1. The summed E-state index contributed by atoms with van der Waals surface area (Å²) in [6.07, 6.45) is -0.508. The molecule has 1 aromatic carbocycles. The second kappa shape index (κ2) is 7.68. The molecule has 2 N–H and O–H groups in total. The molecule has 1 amide bonds. The van der Waals surface area contributed by atoms with E-state index in [-0.39, 0.29) is 19.3 Å². The third kappa shape index (κ3) is 4.73. The van der Waals surface area contributed by atoms with Gasteiger partial charge in [-0.3, -0.25) is 0 Å². The van der Waals surface area contributed by atoms with Gasteiger partial charge >= 0.3 is 6.09 Å². The van der Waals surface area contributed by atoms with Crippen LogP contribution in [0, 0.1) is 0 Å². The Bertz CT molecular complexity index is 355. The van der Waals surface area contributed by atoms with E-state index in [2.05, 4.69) is 5.32 Å². The zero-order chi connectivity index (χ0) is 13.4. The van der Waals surface area contributed by atoms with E-state index in [1.807, 2.05) is 49.3 Å². The largest absolute Gasteiger partial charge is 0.447 e. The van der Waals surface area contributed by atoms with Crippen molar-refractivity contribution in [1.82, 2.24) is 10.2 Å². The first-order valence-corrected chi connectivity index (χ1v) is 5.88. The summed E-state index contributed by atoms with van der Waals surface area (Å²) >= 11 is 0. The number of alkyl carbamates (subject to hydrolysis) is 1. The smallest absolute Gasteiger partial charge is 0.407 e. The zero-order valence-electron chi connectivity index (χ0n) is 10.8. The van der Waals surface area contributed by atoms with Crippen LogP contribution in [0.3, 0.4) is 0 Å². The standard InChI is InChI=1S/C13H20N2O3/c1-15(2)12(11-6-4-3-5-7-11)10-14-13(17)18-9-8-16/h3-7,12,16H,8-10H2,1-2H3,(H,14,17). The normalized spacial score (nSPS) is 12.2. The molecule has 1 atom stereocenters. The van der Waals surface area contributed by atoms with E-state index in [1.54, 1.807) is 0 Å². The fourth-order valence-corrected chi connectivity index (χ4v) is 1.64. The number of carbonyl (C=O) groups is 1. The Labute approximate surface area is 107 Å². The molecule has 0 bridgehead atoms. The van der Waals surface area contributed by atoms with Gasteiger partial charge in [-0.25, -0.2) is 4.79 Å². The van der Waals surface area contributed by atoms with E-state index < -0.39 is 6.09 Å². The quantitative estimate of drug-likeness (QED) is 0.793. The summed E-state index contributed by atoms with van der Waals surface area (Å²) in [7, 11) is 3.91. The summed E-state index contributed by atoms with van der Waals surface area (Å²) in [5.74, 6) is 0. The Morgan fingerprint density at radius 3 is 2.61 bits per heavy atom. The van der Waals surface area contributed by atoms with Crippen LogP contribution in [0.4, 0.5) is 4.79 Å². The van der Waals surface area contributed by atoms with Gasteiger partial charge in [-0.05, 0) is 19.7 Å². The van der Waals surface area contributed by atoms with E-state index in [0.29, 0.717) is 6.54 Å². The lowest BCUT2D eigenvalue weighted by Crippen LogP contribution is -2.35. The minimum Gasteiger partial charge on any atom is -0.447 e. The number of amides is 1. The fraction of sp³-hybridized carbons (Fsp3) is 0.462. The summed E-state index contributed by atoms with van der Waals surface area (Å²) in [4.78, 5) is 13.3. The van der Waals surface area contributed by atoms with E-state index >= 15 is 0 Å². The molecule has 100 valence electrons. The number of benzene rings is 1. The summed E-state index contributed by atoms with van der Waals surface area (Å²) in [5.41, 5.74) is 1.13. The van der Waals surface area contributed by atoms with Crippen LogP contribution in [0.25, 0.3) is 0 Å². The second-order valence-corrected chi connectivity index (χ2v) is 4.13. The van der Waals surface area contributed by atoms with Gasteiger partial charge in [0.25, 0.3) is 0 Å². The third-order valence-corrected chi connectivity index (χ3v) is 2.57. The van der Waals surface area contributed by atoms with E-state index in [9.17, 15) is 4.79 Å². The Morgan fingerprint density at radius 1 is 1.39 bits per heavy atom. The molecule has 0 radical (unpaired) electrons. The monoisotopic (exact) mass is 252 g/mol. The predicted octanol–water partition coefficient (Wildman–Crippen LogP) is 1.01. The maximum atomic E-state index is 11.3. The predicted molar refractivity (Wildman–Crippen MR) is 69.3 cm³/mol. The molecule has 5 nitrogen and oxygen atoms in total. The maximum absolute atomic E-state index is 11.3. The van der Waals surface area contributed by atoms with Crippen molar-refractivity contribution in [2.75, 3.05) is 33.9 Å². The SMILES string of the molecule is CN(C)C(CNC(=O)OCCO)c1ccccc1. The van der Waals surface area contributed by atoms with E-state index in [0.717, 1.165) is 5.56 Å². The number of aliphatic hydroxyl groups is 1. The van der Waals surface area contributed by atoms with Crippen molar-refractivity contribution in [2.24, 2.45) is 0 Å². The Kier molecular flexibility index (Phi) is 6.18. The van der Waals surface area contributed by atoms with Crippen molar-refractivity contribution < 1.29 is 14.6 Å². The molecule has 1 unspecified atom stereocenters. The van der Waals surface area contributed by atoms with Crippen LogP contribution in [0.1, 0.15) is 11.6 Å². The number of ether oxygens (including phenoxy) is 1. The number of rotatable bonds is 6. The number of hydrogen-bond donors (Lipinski definition) is 2. The molecule has 0 aliphatic carbocycles. The highest BCUT2D eigenvalue weighted by Crippen LogP contribution is 2.16. The van der Waals surface area contributed by atoms with Gasteiger partial charge in [0.05, 0.1) is 12.6 Å². The van der Waals surface area contributed by atoms with Gasteiger partial charge in [-0.2, -0.15) is 0 Å². The molecule has 0 fully saturated rings. The lowest BCUT2D eigenvalue weighted by atomic mass is 10.1. The van der Waals surface area contributed by atoms with Crippen LogP contribution >= 0.6 is 0 Å². The van der Waals surface area contributed by atoms with Crippen molar-refractivity contribution in [2.45, 2.75) is 6.04 Å². The van der Waals surface area contributed by atoms with Crippen LogP contribution in [-0.4, -0.2) is 50.0 Å². The molecule has 0 aliphatic rings. The molecule has 0 saturated carbocycles. The molecule has 5 heteroatoms. The van der Waals surface area contributed by atoms with Gasteiger partial charge in [0, 0.05) is 6.54 Å². The van der Waals surface area contributed by atoms with Crippen molar-refractivity contribution >= 4 is 6.09 Å². The first kappa shape index (κ1) is 14.5. The summed E-state index contributed by atoms with van der Waals surface area (Å²) in [6, 6.07) is 10.0. The highest BCUT2D eigenvalue weighted by atomic mass is 16.6. The average Bonchev–Trinajstić information content (AvgIpc) is 2.37. The lowest BCUT2D eigenvalue weighted by Gasteiger charge is -2.24. The van der Waals surface area contributed by atoms with Gasteiger partial charge in [-0.15, -0.1) is 0 Å². The molecule has 1 rings (SSSR count).